The molecule has 3 nitrogen and oxygen atoms in total. The van der Waals surface area contributed by atoms with Crippen molar-refractivity contribution in [3.63, 3.8) is 0 Å². The molecule has 1 saturated carbocycles. The van der Waals surface area contributed by atoms with Crippen molar-refractivity contribution in [3.8, 4) is 0 Å². The lowest BCUT2D eigenvalue weighted by molar-refractivity contribution is -0.118. The Kier molecular flexibility index (Phi) is 2.07. The van der Waals surface area contributed by atoms with E-state index in [1.807, 2.05) is 30.3 Å². The van der Waals surface area contributed by atoms with Crippen molar-refractivity contribution in [2.24, 2.45) is 0 Å². The van der Waals surface area contributed by atoms with E-state index in [1.54, 1.807) is 12.3 Å². The molecule has 1 aliphatic carbocycles. The minimum atomic E-state index is -0.450. The lowest BCUT2D eigenvalue weighted by atomic mass is 9.93. The summed E-state index contributed by atoms with van der Waals surface area (Å²) in [6, 6.07) is 11.4. The molecule has 2 aromatic rings. The standard InChI is InChI=1S/C15H11ClN2O/c16-9-4-5-13-10(7-9)15(14(19)18-13)8-11(15)12-3-1-2-6-17-12/h1-7,11H,8H2,(H,18,19)/t11-,15-/m1/s1. The highest BCUT2D eigenvalue weighted by Crippen LogP contribution is 2.64. The van der Waals surface area contributed by atoms with E-state index in [2.05, 4.69) is 10.3 Å². The highest BCUT2D eigenvalue weighted by atomic mass is 35.5. The quantitative estimate of drug-likeness (QED) is 0.865. The Morgan fingerprint density at radius 1 is 1.32 bits per heavy atom. The molecule has 2 aliphatic rings. The number of carbonyl (C=O) groups excluding carboxylic acids is 1. The highest BCUT2D eigenvalue weighted by molar-refractivity contribution is 6.31. The number of fused-ring (bicyclic) bond motifs is 2. The summed E-state index contributed by atoms with van der Waals surface area (Å²) in [5, 5.41) is 3.62. The smallest absolute Gasteiger partial charge is 0.235 e. The van der Waals surface area contributed by atoms with Crippen LogP contribution in [-0.4, -0.2) is 10.9 Å². The summed E-state index contributed by atoms with van der Waals surface area (Å²) in [5.41, 5.74) is 2.42. The van der Waals surface area contributed by atoms with Crippen LogP contribution in [0.25, 0.3) is 0 Å². The number of hydrogen-bond donors (Lipinski definition) is 1. The molecule has 4 heteroatoms. The van der Waals surface area contributed by atoms with Crippen molar-refractivity contribution in [1.82, 2.24) is 4.98 Å². The van der Waals surface area contributed by atoms with Gasteiger partial charge < -0.3 is 5.32 Å². The molecule has 19 heavy (non-hydrogen) atoms. The Morgan fingerprint density at radius 2 is 2.21 bits per heavy atom. The fourth-order valence-corrected chi connectivity index (χ4v) is 3.27. The maximum absolute atomic E-state index is 12.3. The van der Waals surface area contributed by atoms with Crippen molar-refractivity contribution >= 4 is 23.2 Å². The monoisotopic (exact) mass is 270 g/mol. The summed E-state index contributed by atoms with van der Waals surface area (Å²) in [6.07, 6.45) is 2.58. The Bertz CT molecular complexity index is 686. The van der Waals surface area contributed by atoms with E-state index in [-0.39, 0.29) is 11.8 Å². The number of anilines is 1. The van der Waals surface area contributed by atoms with E-state index in [0.29, 0.717) is 5.02 Å². The van der Waals surface area contributed by atoms with Gasteiger partial charge in [0.05, 0.1) is 5.41 Å². The minimum absolute atomic E-state index is 0.0698. The number of benzene rings is 1. The minimum Gasteiger partial charge on any atom is -0.325 e. The van der Waals surface area contributed by atoms with Crippen molar-refractivity contribution in [2.45, 2.75) is 17.8 Å². The average molecular weight is 271 g/mol. The molecule has 1 aromatic heterocycles. The second kappa shape index (κ2) is 3.58. The van der Waals surface area contributed by atoms with Gasteiger partial charge >= 0.3 is 0 Å². The van der Waals surface area contributed by atoms with E-state index in [0.717, 1.165) is 23.4 Å². The third kappa shape index (κ3) is 1.39. The predicted molar refractivity (Wildman–Crippen MR) is 73.4 cm³/mol. The van der Waals surface area contributed by atoms with Gasteiger partial charge in [0.15, 0.2) is 0 Å². The van der Waals surface area contributed by atoms with Gasteiger partial charge in [-0.3, -0.25) is 9.78 Å². The Labute approximate surface area is 115 Å². The maximum atomic E-state index is 12.3. The van der Waals surface area contributed by atoms with Crippen LogP contribution >= 0.6 is 11.6 Å². The number of amides is 1. The summed E-state index contributed by atoms with van der Waals surface area (Å²) >= 11 is 6.07. The molecule has 1 aromatic carbocycles. The Morgan fingerprint density at radius 3 is 3.00 bits per heavy atom. The van der Waals surface area contributed by atoms with Gasteiger partial charge in [-0.15, -0.1) is 0 Å². The third-order valence-corrected chi connectivity index (χ3v) is 4.36. The van der Waals surface area contributed by atoms with Gasteiger partial charge in [0, 0.05) is 28.5 Å². The summed E-state index contributed by atoms with van der Waals surface area (Å²) < 4.78 is 0. The number of carbonyl (C=O) groups is 1. The van der Waals surface area contributed by atoms with Gasteiger partial charge in [-0.05, 0) is 42.3 Å². The average Bonchev–Trinajstić information content (AvgIpc) is 3.12. The van der Waals surface area contributed by atoms with Gasteiger partial charge in [-0.1, -0.05) is 17.7 Å². The lowest BCUT2D eigenvalue weighted by Gasteiger charge is -2.08. The predicted octanol–water partition coefficient (Wildman–Crippen LogP) is 3.11. The molecule has 4 rings (SSSR count). The normalized spacial score (nSPS) is 27.2. The molecule has 1 amide bonds. The molecule has 1 spiro atoms. The van der Waals surface area contributed by atoms with E-state index in [4.69, 9.17) is 11.6 Å². The van der Waals surface area contributed by atoms with Crippen molar-refractivity contribution in [3.05, 3.63) is 58.9 Å². The largest absolute Gasteiger partial charge is 0.325 e. The zero-order chi connectivity index (χ0) is 13.0. The van der Waals surface area contributed by atoms with Crippen LogP contribution in [0.1, 0.15) is 23.6 Å². The topological polar surface area (TPSA) is 42.0 Å². The molecule has 1 N–H and O–H groups in total. The molecular formula is C15H11ClN2O. The summed E-state index contributed by atoms with van der Waals surface area (Å²) in [6.45, 7) is 0. The van der Waals surface area contributed by atoms with Crippen LogP contribution in [-0.2, 0) is 10.2 Å². The fraction of sp³-hybridized carbons (Fsp3) is 0.200. The molecule has 0 saturated heterocycles. The van der Waals surface area contributed by atoms with E-state index in [1.165, 1.54) is 0 Å². The first-order valence-electron chi connectivity index (χ1n) is 6.24. The van der Waals surface area contributed by atoms with Crippen molar-refractivity contribution in [2.75, 3.05) is 5.32 Å². The number of nitrogens with one attached hydrogen (secondary N) is 1. The summed E-state index contributed by atoms with van der Waals surface area (Å²) in [4.78, 5) is 16.7. The number of pyridine rings is 1. The van der Waals surface area contributed by atoms with Crippen molar-refractivity contribution < 1.29 is 4.79 Å². The van der Waals surface area contributed by atoms with Crippen LogP contribution in [0, 0.1) is 0 Å². The first-order chi connectivity index (χ1) is 9.22. The number of halogens is 1. The van der Waals surface area contributed by atoms with Crippen LogP contribution in [0.3, 0.4) is 0 Å². The fourth-order valence-electron chi connectivity index (χ4n) is 3.10. The number of hydrogen-bond acceptors (Lipinski definition) is 2. The number of aromatic nitrogens is 1. The lowest BCUT2D eigenvalue weighted by Crippen LogP contribution is -2.21. The van der Waals surface area contributed by atoms with Gasteiger partial charge in [0.25, 0.3) is 0 Å². The van der Waals surface area contributed by atoms with Crippen molar-refractivity contribution in [1.29, 1.82) is 0 Å². The Balaban J connectivity index is 1.82. The second-order valence-corrected chi connectivity index (χ2v) is 5.56. The Hall–Kier alpha value is -1.87. The molecule has 0 unspecified atom stereocenters. The van der Waals surface area contributed by atoms with Crippen LogP contribution in [0.15, 0.2) is 42.6 Å². The van der Waals surface area contributed by atoms with Gasteiger partial charge in [0.2, 0.25) is 5.91 Å². The zero-order valence-corrected chi connectivity index (χ0v) is 10.8. The molecular weight excluding hydrogens is 260 g/mol. The first kappa shape index (κ1) is 11.0. The molecule has 1 aliphatic heterocycles. The van der Waals surface area contributed by atoms with Gasteiger partial charge in [-0.2, -0.15) is 0 Å². The maximum Gasteiger partial charge on any atom is 0.235 e. The van der Waals surface area contributed by atoms with E-state index in [9.17, 15) is 4.79 Å². The molecule has 2 atom stereocenters. The summed E-state index contributed by atoms with van der Waals surface area (Å²) in [7, 11) is 0. The van der Waals surface area contributed by atoms with Crippen LogP contribution in [0.5, 0.6) is 0 Å². The van der Waals surface area contributed by atoms with Crippen LogP contribution in [0.4, 0.5) is 5.69 Å². The molecule has 0 bridgehead atoms. The number of nitrogens with zero attached hydrogens (tertiary/aromatic N) is 1. The van der Waals surface area contributed by atoms with Crippen LogP contribution < -0.4 is 5.32 Å². The van der Waals surface area contributed by atoms with Gasteiger partial charge in [-0.25, -0.2) is 0 Å². The van der Waals surface area contributed by atoms with Crippen LogP contribution in [0.2, 0.25) is 5.02 Å². The second-order valence-electron chi connectivity index (χ2n) is 5.13. The number of rotatable bonds is 1. The van der Waals surface area contributed by atoms with E-state index < -0.39 is 5.41 Å². The van der Waals surface area contributed by atoms with Gasteiger partial charge in [0.1, 0.15) is 0 Å². The van der Waals surface area contributed by atoms with E-state index >= 15 is 0 Å². The zero-order valence-electron chi connectivity index (χ0n) is 10.1. The molecule has 0 radical (unpaired) electrons. The first-order valence-corrected chi connectivity index (χ1v) is 6.62. The molecule has 2 heterocycles. The summed E-state index contributed by atoms with van der Waals surface area (Å²) in [5.74, 6) is 0.230. The molecule has 1 fully saturated rings. The highest BCUT2D eigenvalue weighted by Gasteiger charge is 2.65. The third-order valence-electron chi connectivity index (χ3n) is 4.12. The molecule has 94 valence electrons. The SMILES string of the molecule is O=C1Nc2ccc(Cl)cc2[C@@]12C[C@@H]2c1ccccn1.